The third-order valence-corrected chi connectivity index (χ3v) is 6.23. The summed E-state index contributed by atoms with van der Waals surface area (Å²) in [6, 6.07) is 16.9. The topological polar surface area (TPSA) is 92.9 Å². The summed E-state index contributed by atoms with van der Waals surface area (Å²) in [5, 5.41) is 11.6. The third kappa shape index (κ3) is 3.86. The molecule has 0 saturated heterocycles. The van der Waals surface area contributed by atoms with E-state index in [4.69, 9.17) is 9.15 Å². The lowest BCUT2D eigenvalue weighted by Crippen LogP contribution is -2.30. The molecular weight excluding hydrogens is 500 g/mol. The van der Waals surface area contributed by atoms with Gasteiger partial charge in [-0.05, 0) is 53.6 Å². The van der Waals surface area contributed by atoms with E-state index in [1.165, 1.54) is 4.90 Å². The molecule has 4 aromatic rings. The molecule has 1 atom stereocenters. The Hall–Kier alpha value is -3.91. The zero-order valence-electron chi connectivity index (χ0n) is 18.1. The summed E-state index contributed by atoms with van der Waals surface area (Å²) in [5.41, 5.74) is 1.88. The molecule has 170 valence electrons. The number of benzene rings is 2. The fourth-order valence-electron chi connectivity index (χ4n) is 4.16. The van der Waals surface area contributed by atoms with E-state index in [0.717, 1.165) is 15.4 Å². The van der Waals surface area contributed by atoms with Crippen LogP contribution in [-0.2, 0) is 11.3 Å². The highest BCUT2D eigenvalue weighted by molar-refractivity contribution is 9.10. The predicted molar refractivity (Wildman–Crippen MR) is 128 cm³/mol. The number of nitrogens with zero attached hydrogens (tertiary/aromatic N) is 2. The summed E-state index contributed by atoms with van der Waals surface area (Å²) in [7, 11) is 1.56. The Labute approximate surface area is 203 Å². The molecule has 0 saturated carbocycles. The van der Waals surface area contributed by atoms with Crippen LogP contribution in [0, 0.1) is 0 Å². The Morgan fingerprint density at radius 2 is 2.03 bits per heavy atom. The molecule has 0 spiro atoms. The van der Waals surface area contributed by atoms with Crippen molar-refractivity contribution in [3.05, 3.63) is 106 Å². The molecule has 0 aliphatic carbocycles. The Bertz CT molecular complexity index is 1440. The maximum atomic E-state index is 13.6. The quantitative estimate of drug-likeness (QED) is 0.344. The number of methoxy groups -OCH3 is 1. The summed E-state index contributed by atoms with van der Waals surface area (Å²) in [5.74, 6) is -1.11. The molecule has 1 aliphatic heterocycles. The minimum atomic E-state index is -0.833. The van der Waals surface area contributed by atoms with E-state index in [0.29, 0.717) is 16.9 Å². The van der Waals surface area contributed by atoms with E-state index in [1.807, 2.05) is 30.3 Å². The van der Waals surface area contributed by atoms with Crippen LogP contribution in [0.15, 0.2) is 93.3 Å². The molecular formula is C26H19BrN2O5. The number of amides is 1. The van der Waals surface area contributed by atoms with Crippen molar-refractivity contribution in [1.29, 1.82) is 0 Å². The molecule has 7 nitrogen and oxygen atoms in total. The standard InChI is InChI=1S/C26H19BrN2O5/c1-33-19-6-2-4-15(10-19)14-29-23(16-5-3-9-28-13-16)22(25(31)26(29)32)24(30)21-12-17-11-18(27)7-8-20(17)34-21/h2-13,23,31H,14H2,1H3. The lowest BCUT2D eigenvalue weighted by atomic mass is 9.96. The van der Waals surface area contributed by atoms with Gasteiger partial charge in [-0.1, -0.05) is 34.1 Å². The van der Waals surface area contributed by atoms with Crippen LogP contribution in [0.5, 0.6) is 5.75 Å². The van der Waals surface area contributed by atoms with Gasteiger partial charge in [0.2, 0.25) is 5.78 Å². The van der Waals surface area contributed by atoms with Gasteiger partial charge in [0.25, 0.3) is 5.91 Å². The Kier molecular flexibility index (Phi) is 5.67. The Morgan fingerprint density at radius 1 is 1.18 bits per heavy atom. The highest BCUT2D eigenvalue weighted by atomic mass is 79.9. The minimum absolute atomic E-state index is 0.0413. The number of Topliss-reactive ketones (excluding diaryl/α,β-unsaturated/α-hetero) is 1. The fraction of sp³-hybridized carbons (Fsp3) is 0.115. The second kappa shape index (κ2) is 8.79. The van der Waals surface area contributed by atoms with Gasteiger partial charge < -0.3 is 19.2 Å². The SMILES string of the molecule is COc1cccc(CN2C(=O)C(O)=C(C(=O)c3cc4cc(Br)ccc4o3)C2c2cccnc2)c1. The molecule has 3 heterocycles. The molecule has 8 heteroatoms. The maximum absolute atomic E-state index is 13.6. The zero-order chi connectivity index (χ0) is 23.8. The largest absolute Gasteiger partial charge is 0.503 e. The summed E-state index contributed by atoms with van der Waals surface area (Å²) >= 11 is 3.41. The molecule has 1 unspecified atom stereocenters. The van der Waals surface area contributed by atoms with Crippen LogP contribution in [0.4, 0.5) is 0 Å². The molecule has 1 aliphatic rings. The van der Waals surface area contributed by atoms with Crippen LogP contribution < -0.4 is 4.74 Å². The second-order valence-corrected chi connectivity index (χ2v) is 8.77. The smallest absolute Gasteiger partial charge is 0.290 e. The lowest BCUT2D eigenvalue weighted by Gasteiger charge is -2.26. The van der Waals surface area contributed by atoms with Gasteiger partial charge in [-0.3, -0.25) is 14.6 Å². The molecule has 1 amide bonds. The number of aliphatic hydroxyl groups excluding tert-OH is 1. The van der Waals surface area contributed by atoms with Crippen molar-refractivity contribution in [2.24, 2.45) is 0 Å². The van der Waals surface area contributed by atoms with Gasteiger partial charge in [-0.2, -0.15) is 0 Å². The van der Waals surface area contributed by atoms with Crippen molar-refractivity contribution < 1.29 is 23.8 Å². The highest BCUT2D eigenvalue weighted by Crippen LogP contribution is 2.40. The van der Waals surface area contributed by atoms with Crippen molar-refractivity contribution in [3.63, 3.8) is 0 Å². The molecule has 5 rings (SSSR count). The van der Waals surface area contributed by atoms with Gasteiger partial charge in [-0.15, -0.1) is 0 Å². The van der Waals surface area contributed by atoms with Crippen LogP contribution in [0.25, 0.3) is 11.0 Å². The van der Waals surface area contributed by atoms with Crippen molar-refractivity contribution >= 4 is 38.6 Å². The number of aromatic nitrogens is 1. The summed E-state index contributed by atoms with van der Waals surface area (Å²) in [6.07, 6.45) is 3.19. The summed E-state index contributed by atoms with van der Waals surface area (Å²) < 4.78 is 11.9. The first-order chi connectivity index (χ1) is 16.5. The van der Waals surface area contributed by atoms with E-state index in [-0.39, 0.29) is 17.9 Å². The van der Waals surface area contributed by atoms with E-state index >= 15 is 0 Å². The number of hydrogen-bond donors (Lipinski definition) is 1. The first kappa shape index (κ1) is 21.9. The van der Waals surface area contributed by atoms with Crippen molar-refractivity contribution in [2.45, 2.75) is 12.6 Å². The van der Waals surface area contributed by atoms with Gasteiger partial charge in [0.05, 0.1) is 18.7 Å². The third-order valence-electron chi connectivity index (χ3n) is 5.74. The van der Waals surface area contributed by atoms with Crippen LogP contribution in [0.1, 0.15) is 27.7 Å². The molecule has 34 heavy (non-hydrogen) atoms. The highest BCUT2D eigenvalue weighted by Gasteiger charge is 2.44. The first-order valence-corrected chi connectivity index (χ1v) is 11.3. The number of hydrogen-bond acceptors (Lipinski definition) is 6. The van der Waals surface area contributed by atoms with Gasteiger partial charge in [-0.25, -0.2) is 0 Å². The number of halogens is 1. The molecule has 2 aromatic carbocycles. The molecule has 0 radical (unpaired) electrons. The second-order valence-electron chi connectivity index (χ2n) is 7.86. The monoisotopic (exact) mass is 518 g/mol. The van der Waals surface area contributed by atoms with Crippen LogP contribution in [-0.4, -0.2) is 33.8 Å². The number of rotatable bonds is 6. The average Bonchev–Trinajstić information content (AvgIpc) is 3.38. The van der Waals surface area contributed by atoms with E-state index in [1.54, 1.807) is 49.8 Å². The number of ketones is 1. The van der Waals surface area contributed by atoms with Gasteiger partial charge in [0.15, 0.2) is 11.5 Å². The van der Waals surface area contributed by atoms with Crippen molar-refractivity contribution in [2.75, 3.05) is 7.11 Å². The molecule has 0 bridgehead atoms. The molecule has 1 N–H and O–H groups in total. The van der Waals surface area contributed by atoms with Gasteiger partial charge in [0.1, 0.15) is 11.3 Å². The molecule has 0 fully saturated rings. The van der Waals surface area contributed by atoms with Crippen molar-refractivity contribution in [3.8, 4) is 5.75 Å². The number of carbonyl (C=O) groups excluding carboxylic acids is 2. The predicted octanol–water partition coefficient (Wildman–Crippen LogP) is 5.38. The van der Waals surface area contributed by atoms with E-state index < -0.39 is 23.5 Å². The summed E-state index contributed by atoms with van der Waals surface area (Å²) in [4.78, 5) is 32.4. The Morgan fingerprint density at radius 3 is 2.79 bits per heavy atom. The van der Waals surface area contributed by atoms with E-state index in [9.17, 15) is 14.7 Å². The van der Waals surface area contributed by atoms with Gasteiger partial charge >= 0.3 is 0 Å². The van der Waals surface area contributed by atoms with E-state index in [2.05, 4.69) is 20.9 Å². The lowest BCUT2D eigenvalue weighted by molar-refractivity contribution is -0.130. The fourth-order valence-corrected chi connectivity index (χ4v) is 4.54. The van der Waals surface area contributed by atoms with Crippen LogP contribution >= 0.6 is 15.9 Å². The Balaban J connectivity index is 1.58. The normalized spacial score (nSPS) is 15.9. The summed E-state index contributed by atoms with van der Waals surface area (Å²) in [6.45, 7) is 0.156. The maximum Gasteiger partial charge on any atom is 0.290 e. The molecule has 2 aromatic heterocycles. The number of furan rings is 1. The van der Waals surface area contributed by atoms with Crippen LogP contribution in [0.3, 0.4) is 0 Å². The first-order valence-electron chi connectivity index (χ1n) is 10.5. The van der Waals surface area contributed by atoms with Gasteiger partial charge in [0, 0.05) is 28.8 Å². The zero-order valence-corrected chi connectivity index (χ0v) is 19.7. The number of carbonyl (C=O) groups is 2. The average molecular weight is 519 g/mol. The number of ether oxygens (including phenoxy) is 1. The minimum Gasteiger partial charge on any atom is -0.503 e. The van der Waals surface area contributed by atoms with Crippen molar-refractivity contribution in [1.82, 2.24) is 9.88 Å². The number of fused-ring (bicyclic) bond motifs is 1. The number of aliphatic hydroxyl groups is 1. The number of pyridine rings is 1. The van der Waals surface area contributed by atoms with Crippen LogP contribution in [0.2, 0.25) is 0 Å².